The number of rotatable bonds is 2. The van der Waals surface area contributed by atoms with Gasteiger partial charge in [0.2, 0.25) is 0 Å². The highest BCUT2D eigenvalue weighted by molar-refractivity contribution is 6.09. The molecule has 0 spiro atoms. The summed E-state index contributed by atoms with van der Waals surface area (Å²) in [6.07, 6.45) is 0. The number of H-pyrrole nitrogens is 1. The van der Waals surface area contributed by atoms with Crippen molar-refractivity contribution in [2.75, 3.05) is 14.2 Å². The third kappa shape index (κ3) is 1.37. The summed E-state index contributed by atoms with van der Waals surface area (Å²) in [5, 5.41) is 2.37. The van der Waals surface area contributed by atoms with Crippen molar-refractivity contribution in [1.29, 1.82) is 0 Å². The zero-order chi connectivity index (χ0) is 12.7. The first-order valence-corrected chi connectivity index (χ1v) is 5.88. The van der Waals surface area contributed by atoms with E-state index in [9.17, 15) is 0 Å². The number of benzene rings is 2. The first-order valence-electron chi connectivity index (χ1n) is 5.88. The van der Waals surface area contributed by atoms with Crippen LogP contribution in [0.15, 0.2) is 30.3 Å². The Morgan fingerprint density at radius 3 is 2.50 bits per heavy atom. The predicted octanol–water partition coefficient (Wildman–Crippen LogP) is 3.65. The Kier molecular flexibility index (Phi) is 2.40. The van der Waals surface area contributed by atoms with E-state index >= 15 is 0 Å². The van der Waals surface area contributed by atoms with Crippen LogP contribution in [0.4, 0.5) is 0 Å². The summed E-state index contributed by atoms with van der Waals surface area (Å²) < 4.78 is 10.8. The van der Waals surface area contributed by atoms with Crippen molar-refractivity contribution in [1.82, 2.24) is 4.98 Å². The van der Waals surface area contributed by atoms with Crippen molar-refractivity contribution >= 4 is 21.8 Å². The highest BCUT2D eigenvalue weighted by Crippen LogP contribution is 2.39. The molecule has 2 aromatic carbocycles. The fourth-order valence-corrected chi connectivity index (χ4v) is 2.51. The molecule has 0 atom stereocenters. The Bertz CT molecular complexity index is 728. The van der Waals surface area contributed by atoms with Crippen LogP contribution in [-0.4, -0.2) is 19.2 Å². The van der Waals surface area contributed by atoms with Gasteiger partial charge in [0, 0.05) is 21.9 Å². The lowest BCUT2D eigenvalue weighted by Crippen LogP contribution is -1.93. The number of aryl methyl sites for hydroxylation is 1. The summed E-state index contributed by atoms with van der Waals surface area (Å²) in [5.41, 5.74) is 3.31. The molecule has 1 N–H and O–H groups in total. The van der Waals surface area contributed by atoms with Gasteiger partial charge in [-0.3, -0.25) is 0 Å². The Labute approximate surface area is 105 Å². The van der Waals surface area contributed by atoms with Gasteiger partial charge in [0.15, 0.2) is 11.5 Å². The lowest BCUT2D eigenvalue weighted by atomic mass is 10.1. The fraction of sp³-hybridized carbons (Fsp3) is 0.200. The minimum absolute atomic E-state index is 0.771. The molecule has 18 heavy (non-hydrogen) atoms. The maximum Gasteiger partial charge on any atom is 0.165 e. The standard InChI is InChI=1S/C15H15NO2/c1-9-14-11(8-13(17-2)15(9)18-3)10-6-4-5-7-12(10)16-14/h4-8,16H,1-3H3. The van der Waals surface area contributed by atoms with Crippen LogP contribution in [0.25, 0.3) is 21.8 Å². The van der Waals surface area contributed by atoms with Gasteiger partial charge in [-0.25, -0.2) is 0 Å². The van der Waals surface area contributed by atoms with E-state index in [1.807, 2.05) is 25.1 Å². The molecule has 0 aliphatic heterocycles. The van der Waals surface area contributed by atoms with Gasteiger partial charge in [-0.05, 0) is 19.1 Å². The van der Waals surface area contributed by atoms with Crippen LogP contribution in [0.5, 0.6) is 11.5 Å². The molecule has 3 nitrogen and oxygen atoms in total. The molecule has 3 heteroatoms. The summed E-state index contributed by atoms with van der Waals surface area (Å²) in [7, 11) is 3.33. The van der Waals surface area contributed by atoms with Crippen molar-refractivity contribution in [3.05, 3.63) is 35.9 Å². The molecule has 0 saturated carbocycles. The maximum atomic E-state index is 5.43. The van der Waals surface area contributed by atoms with Crippen molar-refractivity contribution in [2.24, 2.45) is 0 Å². The highest BCUT2D eigenvalue weighted by Gasteiger charge is 2.14. The molecule has 0 aliphatic carbocycles. The lowest BCUT2D eigenvalue weighted by Gasteiger charge is -2.11. The first-order chi connectivity index (χ1) is 8.76. The summed E-state index contributed by atoms with van der Waals surface area (Å²) in [6.45, 7) is 2.04. The third-order valence-electron chi connectivity index (χ3n) is 3.39. The summed E-state index contributed by atoms with van der Waals surface area (Å²) >= 11 is 0. The summed E-state index contributed by atoms with van der Waals surface area (Å²) in [5.74, 6) is 1.56. The van der Waals surface area contributed by atoms with Crippen LogP contribution in [0.2, 0.25) is 0 Å². The van der Waals surface area contributed by atoms with Gasteiger partial charge in [0.05, 0.1) is 19.7 Å². The van der Waals surface area contributed by atoms with E-state index in [0.29, 0.717) is 0 Å². The molecule has 3 rings (SSSR count). The molecule has 0 unspecified atom stereocenters. The maximum absolute atomic E-state index is 5.43. The number of aromatic amines is 1. The minimum atomic E-state index is 0.771. The van der Waals surface area contributed by atoms with Crippen molar-refractivity contribution in [2.45, 2.75) is 6.92 Å². The van der Waals surface area contributed by atoms with E-state index in [1.54, 1.807) is 14.2 Å². The van der Waals surface area contributed by atoms with Gasteiger partial charge in [-0.15, -0.1) is 0 Å². The van der Waals surface area contributed by atoms with E-state index < -0.39 is 0 Å². The highest BCUT2D eigenvalue weighted by atomic mass is 16.5. The monoisotopic (exact) mass is 241 g/mol. The number of hydrogen-bond acceptors (Lipinski definition) is 2. The van der Waals surface area contributed by atoms with E-state index in [0.717, 1.165) is 28.1 Å². The molecule has 1 heterocycles. The Morgan fingerprint density at radius 1 is 1.00 bits per heavy atom. The van der Waals surface area contributed by atoms with Crippen LogP contribution >= 0.6 is 0 Å². The number of methoxy groups -OCH3 is 2. The molecule has 0 amide bonds. The molecule has 0 bridgehead atoms. The van der Waals surface area contributed by atoms with Gasteiger partial charge >= 0.3 is 0 Å². The molecular weight excluding hydrogens is 226 g/mol. The summed E-state index contributed by atoms with van der Waals surface area (Å²) in [6, 6.07) is 10.3. The number of hydrogen-bond donors (Lipinski definition) is 1. The second-order valence-corrected chi connectivity index (χ2v) is 4.33. The second-order valence-electron chi connectivity index (χ2n) is 4.33. The number of ether oxygens (including phenoxy) is 2. The molecule has 0 aliphatic rings. The van der Waals surface area contributed by atoms with E-state index in [1.165, 1.54) is 10.8 Å². The van der Waals surface area contributed by atoms with Crippen molar-refractivity contribution in [3.63, 3.8) is 0 Å². The van der Waals surface area contributed by atoms with Crippen LogP contribution in [-0.2, 0) is 0 Å². The lowest BCUT2D eigenvalue weighted by molar-refractivity contribution is 0.354. The Hall–Kier alpha value is -2.16. The average Bonchev–Trinajstić information content (AvgIpc) is 2.77. The zero-order valence-corrected chi connectivity index (χ0v) is 10.7. The van der Waals surface area contributed by atoms with Crippen LogP contribution < -0.4 is 9.47 Å². The zero-order valence-electron chi connectivity index (χ0n) is 10.7. The second kappa shape index (κ2) is 3.95. The minimum Gasteiger partial charge on any atom is -0.493 e. The van der Waals surface area contributed by atoms with E-state index in [2.05, 4.69) is 17.1 Å². The quantitative estimate of drug-likeness (QED) is 0.743. The largest absolute Gasteiger partial charge is 0.493 e. The normalized spacial score (nSPS) is 11.1. The van der Waals surface area contributed by atoms with Gasteiger partial charge in [0.25, 0.3) is 0 Å². The molecular formula is C15H15NO2. The molecule has 0 fully saturated rings. The smallest absolute Gasteiger partial charge is 0.165 e. The van der Waals surface area contributed by atoms with Gasteiger partial charge < -0.3 is 14.5 Å². The SMILES string of the molecule is COc1cc2c([nH]c3ccccc32)c(C)c1OC. The predicted molar refractivity (Wildman–Crippen MR) is 73.6 cm³/mol. The van der Waals surface area contributed by atoms with Gasteiger partial charge in [-0.1, -0.05) is 18.2 Å². The van der Waals surface area contributed by atoms with Gasteiger partial charge in [0.1, 0.15) is 0 Å². The van der Waals surface area contributed by atoms with E-state index in [-0.39, 0.29) is 0 Å². The van der Waals surface area contributed by atoms with Crippen molar-refractivity contribution in [3.8, 4) is 11.5 Å². The van der Waals surface area contributed by atoms with Gasteiger partial charge in [-0.2, -0.15) is 0 Å². The molecule has 0 saturated heterocycles. The van der Waals surface area contributed by atoms with Crippen molar-refractivity contribution < 1.29 is 9.47 Å². The molecule has 3 aromatic rings. The summed E-state index contributed by atoms with van der Waals surface area (Å²) in [4.78, 5) is 3.44. The molecule has 1 aromatic heterocycles. The van der Waals surface area contributed by atoms with Crippen LogP contribution in [0, 0.1) is 6.92 Å². The van der Waals surface area contributed by atoms with Crippen LogP contribution in [0.1, 0.15) is 5.56 Å². The number of aromatic nitrogens is 1. The number of fused-ring (bicyclic) bond motifs is 3. The van der Waals surface area contributed by atoms with E-state index in [4.69, 9.17) is 9.47 Å². The third-order valence-corrected chi connectivity index (χ3v) is 3.39. The molecule has 92 valence electrons. The Morgan fingerprint density at radius 2 is 1.78 bits per heavy atom. The average molecular weight is 241 g/mol. The first kappa shape index (κ1) is 11.0. The topological polar surface area (TPSA) is 34.2 Å². The van der Waals surface area contributed by atoms with Crippen LogP contribution in [0.3, 0.4) is 0 Å². The molecule has 0 radical (unpaired) electrons. The number of nitrogens with one attached hydrogen (secondary N) is 1. The Balaban J connectivity index is 2.49. The fourth-order valence-electron chi connectivity index (χ4n) is 2.51. The number of para-hydroxylation sites is 1.